The lowest BCUT2D eigenvalue weighted by atomic mass is 10.0. The summed E-state index contributed by atoms with van der Waals surface area (Å²) in [5.41, 5.74) is -0.204. The van der Waals surface area contributed by atoms with Gasteiger partial charge in [0.1, 0.15) is 18.7 Å². The lowest BCUT2D eigenvalue weighted by Gasteiger charge is -2.19. The first-order valence-electron chi connectivity index (χ1n) is 10.5. The Bertz CT molecular complexity index is 1430. The van der Waals surface area contributed by atoms with Crippen molar-refractivity contribution in [1.29, 1.82) is 0 Å². The predicted octanol–water partition coefficient (Wildman–Crippen LogP) is 5.39. The number of fused-ring (bicyclic) bond motifs is 1. The molecule has 2 aromatic carbocycles. The summed E-state index contributed by atoms with van der Waals surface area (Å²) < 4.78 is 51.8. The average molecular weight is 517 g/mol. The second-order valence-corrected chi connectivity index (χ2v) is 8.02. The fraction of sp³-hybridized carbons (Fsp3) is 0.130. The quantitative estimate of drug-likeness (QED) is 0.326. The summed E-state index contributed by atoms with van der Waals surface area (Å²) in [6.45, 7) is 0.947. The number of alkyl halides is 3. The van der Waals surface area contributed by atoms with Crippen LogP contribution in [-0.2, 0) is 6.18 Å². The fourth-order valence-electron chi connectivity index (χ4n) is 3.48. The highest BCUT2D eigenvalue weighted by molar-refractivity contribution is 6.32. The first-order chi connectivity index (χ1) is 17.3. The molecule has 4 aromatic rings. The maximum Gasteiger partial charge on any atom is 0.416 e. The van der Waals surface area contributed by atoms with Gasteiger partial charge in [-0.3, -0.25) is 9.89 Å². The van der Waals surface area contributed by atoms with Gasteiger partial charge in [-0.15, -0.1) is 0 Å². The fourth-order valence-corrected chi connectivity index (χ4v) is 3.63. The molecule has 5 rings (SSSR count). The molecule has 1 aliphatic rings. The smallest absolute Gasteiger partial charge is 0.416 e. The molecule has 0 radical (unpaired) electrons. The molecule has 1 aliphatic heterocycles. The number of nitrogens with zero attached hydrogens (tertiary/aromatic N) is 3. The van der Waals surface area contributed by atoms with E-state index >= 15 is 0 Å². The van der Waals surface area contributed by atoms with Crippen molar-refractivity contribution in [3.05, 3.63) is 71.3 Å². The predicted molar refractivity (Wildman–Crippen MR) is 125 cm³/mol. The van der Waals surface area contributed by atoms with Gasteiger partial charge in [0.2, 0.25) is 5.75 Å². The van der Waals surface area contributed by atoms with Crippen molar-refractivity contribution in [3.63, 3.8) is 0 Å². The Balaban J connectivity index is 1.42. The summed E-state index contributed by atoms with van der Waals surface area (Å²) in [5.74, 6) is 0.271. The number of hydrogen-bond donors (Lipinski definition) is 3. The second kappa shape index (κ2) is 9.38. The highest BCUT2D eigenvalue weighted by Crippen LogP contribution is 2.39. The zero-order valence-corrected chi connectivity index (χ0v) is 18.9. The van der Waals surface area contributed by atoms with Gasteiger partial charge in [-0.2, -0.15) is 23.3 Å². The van der Waals surface area contributed by atoms with Gasteiger partial charge in [0.15, 0.2) is 5.82 Å². The molecule has 0 aliphatic carbocycles. The van der Waals surface area contributed by atoms with E-state index in [1.54, 1.807) is 0 Å². The molecular weight excluding hydrogens is 501 g/mol. The van der Waals surface area contributed by atoms with E-state index < -0.39 is 17.6 Å². The highest BCUT2D eigenvalue weighted by atomic mass is 35.5. The molecule has 13 heteroatoms. The van der Waals surface area contributed by atoms with Crippen LogP contribution in [0.3, 0.4) is 0 Å². The number of nitrogens with one attached hydrogen (secondary N) is 3. The Morgan fingerprint density at radius 3 is 2.78 bits per heavy atom. The van der Waals surface area contributed by atoms with E-state index in [9.17, 15) is 18.0 Å². The molecule has 36 heavy (non-hydrogen) atoms. The van der Waals surface area contributed by atoms with Crippen molar-refractivity contribution in [2.24, 2.45) is 0 Å². The number of rotatable bonds is 5. The third-order valence-corrected chi connectivity index (χ3v) is 5.47. The molecule has 0 saturated heterocycles. The zero-order valence-electron chi connectivity index (χ0n) is 18.2. The van der Waals surface area contributed by atoms with Gasteiger partial charge in [0.25, 0.3) is 11.8 Å². The first-order valence-corrected chi connectivity index (χ1v) is 10.9. The largest absolute Gasteiger partial charge is 0.483 e. The minimum absolute atomic E-state index is 0.0483. The summed E-state index contributed by atoms with van der Waals surface area (Å²) >= 11 is 6.25. The van der Waals surface area contributed by atoms with Crippen LogP contribution in [0.1, 0.15) is 15.9 Å². The third-order valence-electron chi connectivity index (χ3n) is 5.16. The maximum atomic E-state index is 13.5. The number of carbonyl (C=O) groups is 1. The standard InChI is InChI=1S/C23H16ClF3N6O3/c24-17-2-1-12(7-18(17)36-22-19-20(29-11-30-22)28-3-4-35-19)21(34)33-16-6-13(14-9-31-32-10-14)5-15(8-16)23(25,26)27/h1-2,5-11H,3-4H2,(H,31,32)(H,33,34)(H,28,29,30). The molecule has 0 atom stereocenters. The van der Waals surface area contributed by atoms with Crippen LogP contribution in [0.5, 0.6) is 17.4 Å². The van der Waals surface area contributed by atoms with Crippen LogP contribution in [0, 0.1) is 0 Å². The summed E-state index contributed by atoms with van der Waals surface area (Å²) in [5, 5.41) is 12.1. The van der Waals surface area contributed by atoms with Crippen molar-refractivity contribution in [2.45, 2.75) is 6.18 Å². The summed E-state index contributed by atoms with van der Waals surface area (Å²) in [4.78, 5) is 21.1. The molecule has 9 nitrogen and oxygen atoms in total. The number of carbonyl (C=O) groups excluding carboxylic acids is 1. The van der Waals surface area contributed by atoms with Crippen LogP contribution in [0.25, 0.3) is 11.1 Å². The van der Waals surface area contributed by atoms with Crippen LogP contribution in [0.15, 0.2) is 55.1 Å². The van der Waals surface area contributed by atoms with Crippen molar-refractivity contribution < 1.29 is 27.4 Å². The number of amides is 1. The number of benzene rings is 2. The monoisotopic (exact) mass is 516 g/mol. The lowest BCUT2D eigenvalue weighted by molar-refractivity contribution is -0.137. The Morgan fingerprint density at radius 1 is 1.14 bits per heavy atom. The summed E-state index contributed by atoms with van der Waals surface area (Å²) in [6, 6.07) is 7.46. The van der Waals surface area contributed by atoms with Crippen molar-refractivity contribution in [2.75, 3.05) is 23.8 Å². The molecular formula is C23H16ClF3N6O3. The minimum Gasteiger partial charge on any atom is -0.483 e. The van der Waals surface area contributed by atoms with E-state index in [2.05, 4.69) is 30.8 Å². The van der Waals surface area contributed by atoms with Gasteiger partial charge in [0, 0.05) is 23.0 Å². The molecule has 2 aromatic heterocycles. The normalized spacial score (nSPS) is 12.8. The Labute approximate surface area is 206 Å². The van der Waals surface area contributed by atoms with Crippen LogP contribution >= 0.6 is 11.6 Å². The number of ether oxygens (including phenoxy) is 2. The number of hydrogen-bond acceptors (Lipinski definition) is 7. The van der Waals surface area contributed by atoms with Crippen molar-refractivity contribution in [1.82, 2.24) is 20.2 Å². The van der Waals surface area contributed by atoms with Crippen molar-refractivity contribution in [3.8, 4) is 28.5 Å². The zero-order chi connectivity index (χ0) is 25.3. The van der Waals surface area contributed by atoms with E-state index in [4.69, 9.17) is 21.1 Å². The topological polar surface area (TPSA) is 114 Å². The van der Waals surface area contributed by atoms with E-state index in [1.807, 2.05) is 0 Å². The lowest BCUT2D eigenvalue weighted by Crippen LogP contribution is -2.19. The molecule has 0 spiro atoms. The Kier molecular flexibility index (Phi) is 6.10. The summed E-state index contributed by atoms with van der Waals surface area (Å²) in [7, 11) is 0. The number of H-pyrrole nitrogens is 1. The Morgan fingerprint density at radius 2 is 2.00 bits per heavy atom. The number of aromatic amines is 1. The van der Waals surface area contributed by atoms with Crippen molar-refractivity contribution >= 4 is 29.0 Å². The first kappa shape index (κ1) is 23.4. The third kappa shape index (κ3) is 4.89. The van der Waals surface area contributed by atoms with Gasteiger partial charge >= 0.3 is 6.18 Å². The van der Waals surface area contributed by atoms with Crippen LogP contribution < -0.4 is 20.1 Å². The number of aromatic nitrogens is 4. The van der Waals surface area contributed by atoms with Crippen LogP contribution in [0.2, 0.25) is 5.02 Å². The average Bonchev–Trinajstić information content (AvgIpc) is 3.40. The molecule has 3 heterocycles. The Hall–Kier alpha value is -4.32. The van der Waals surface area contributed by atoms with Crippen LogP contribution in [-0.4, -0.2) is 39.2 Å². The highest BCUT2D eigenvalue weighted by Gasteiger charge is 2.31. The molecule has 3 N–H and O–H groups in total. The van der Waals surface area contributed by atoms with Gasteiger partial charge in [-0.05, 0) is 42.0 Å². The van der Waals surface area contributed by atoms with Gasteiger partial charge < -0.3 is 20.1 Å². The van der Waals surface area contributed by atoms with Gasteiger partial charge in [0.05, 0.1) is 23.3 Å². The van der Waals surface area contributed by atoms with Gasteiger partial charge in [-0.1, -0.05) is 11.6 Å². The van der Waals surface area contributed by atoms with E-state index in [1.165, 1.54) is 43.0 Å². The summed E-state index contributed by atoms with van der Waals surface area (Å²) in [6.07, 6.45) is -0.496. The second-order valence-electron chi connectivity index (χ2n) is 7.62. The number of anilines is 2. The minimum atomic E-state index is -4.62. The van der Waals surface area contributed by atoms with Crippen LogP contribution in [0.4, 0.5) is 24.7 Å². The van der Waals surface area contributed by atoms with E-state index in [0.717, 1.165) is 12.1 Å². The SMILES string of the molecule is O=C(Nc1cc(-c2cn[nH]c2)cc(C(F)(F)F)c1)c1ccc(Cl)c(Oc2ncnc3c2OCCN3)c1. The molecule has 184 valence electrons. The number of halogens is 4. The van der Waals surface area contributed by atoms with E-state index in [0.29, 0.717) is 30.3 Å². The molecule has 1 amide bonds. The molecule has 0 unspecified atom stereocenters. The molecule has 0 fully saturated rings. The molecule has 0 saturated carbocycles. The molecule has 0 bridgehead atoms. The maximum absolute atomic E-state index is 13.5. The van der Waals surface area contributed by atoms with Gasteiger partial charge in [-0.25, -0.2) is 4.98 Å². The van der Waals surface area contributed by atoms with E-state index in [-0.39, 0.29) is 33.5 Å².